The van der Waals surface area contributed by atoms with Gasteiger partial charge in [0, 0.05) is 24.8 Å². The van der Waals surface area contributed by atoms with E-state index in [4.69, 9.17) is 0 Å². The molecule has 11 heteroatoms. The van der Waals surface area contributed by atoms with Crippen molar-refractivity contribution in [2.45, 2.75) is 0 Å². The summed E-state index contributed by atoms with van der Waals surface area (Å²) in [5.41, 5.74) is 5.01. The molecule has 0 saturated carbocycles. The zero-order valence-electron chi connectivity index (χ0n) is 18.2. The molecule has 33 heavy (non-hydrogen) atoms. The van der Waals surface area contributed by atoms with Crippen LogP contribution in [0.1, 0.15) is 15.9 Å². The fourth-order valence-corrected chi connectivity index (χ4v) is 2.96. The second-order valence-corrected chi connectivity index (χ2v) is 7.26. The summed E-state index contributed by atoms with van der Waals surface area (Å²) in [5, 5.41) is 12.2. The van der Waals surface area contributed by atoms with Crippen molar-refractivity contribution in [2.24, 2.45) is 5.10 Å². The molecule has 0 spiro atoms. The van der Waals surface area contributed by atoms with E-state index < -0.39 is 0 Å². The summed E-state index contributed by atoms with van der Waals surface area (Å²) in [6.07, 6.45) is 6.48. The van der Waals surface area contributed by atoms with Crippen molar-refractivity contribution in [3.8, 4) is 5.82 Å². The Morgan fingerprint density at radius 3 is 2.67 bits per heavy atom. The van der Waals surface area contributed by atoms with Crippen molar-refractivity contribution >= 4 is 41.4 Å². The van der Waals surface area contributed by atoms with E-state index in [1.54, 1.807) is 35.4 Å². The number of halogens is 1. The number of carbonyl (C=O) groups is 1. The third kappa shape index (κ3) is 5.88. The summed E-state index contributed by atoms with van der Waals surface area (Å²) in [4.78, 5) is 27.1. The van der Waals surface area contributed by atoms with Gasteiger partial charge in [-0.3, -0.25) is 10.2 Å². The second kappa shape index (κ2) is 11.1. The lowest BCUT2D eigenvalue weighted by Crippen LogP contribution is -2.31. The van der Waals surface area contributed by atoms with E-state index in [0.29, 0.717) is 29.4 Å². The predicted molar refractivity (Wildman–Crippen MR) is 130 cm³/mol. The van der Waals surface area contributed by atoms with Crippen molar-refractivity contribution in [1.82, 2.24) is 34.9 Å². The number of hydrogen-bond donors (Lipinski definition) is 2. The highest BCUT2D eigenvalue weighted by Crippen LogP contribution is 2.20. The quantitative estimate of drug-likeness (QED) is 0.303. The maximum absolute atomic E-state index is 12.2. The molecule has 0 fully saturated rings. The molecule has 0 aliphatic rings. The topological polar surface area (TPSA) is 113 Å². The molecule has 170 valence electrons. The smallest absolute Gasteiger partial charge is 0.251 e. The molecule has 0 radical (unpaired) electrons. The van der Waals surface area contributed by atoms with Crippen LogP contribution in [0.2, 0.25) is 0 Å². The van der Waals surface area contributed by atoms with Crippen LogP contribution in [0.4, 0.5) is 5.82 Å². The number of rotatable bonds is 8. The monoisotopic (exact) mass is 465 g/mol. The van der Waals surface area contributed by atoms with Crippen LogP contribution in [-0.4, -0.2) is 68.9 Å². The fourth-order valence-electron chi connectivity index (χ4n) is 2.96. The molecule has 3 aromatic heterocycles. The molecule has 1 aromatic carbocycles. The summed E-state index contributed by atoms with van der Waals surface area (Å²) < 4.78 is 1.65. The Balaban J connectivity index is 0.00000306. The molecule has 0 bridgehead atoms. The predicted octanol–water partition coefficient (Wildman–Crippen LogP) is 2.37. The second-order valence-electron chi connectivity index (χ2n) is 7.26. The molecule has 0 aliphatic carbocycles. The first-order chi connectivity index (χ1) is 15.6. The number of hydrogen-bond acceptors (Lipinski definition) is 8. The van der Waals surface area contributed by atoms with Gasteiger partial charge in [0.05, 0.1) is 17.8 Å². The molecule has 1 amide bonds. The molecule has 10 nitrogen and oxygen atoms in total. The Bertz CT molecular complexity index is 1220. The Kier molecular flexibility index (Phi) is 8.01. The molecule has 3 heterocycles. The van der Waals surface area contributed by atoms with Gasteiger partial charge in [-0.2, -0.15) is 14.9 Å². The molecule has 0 unspecified atom stereocenters. The summed E-state index contributed by atoms with van der Waals surface area (Å²) in [7, 11) is 3.93. The SMILES string of the molecule is CN(C)CCNC(=O)c1ccc(C=NNc2ncnc3c2cnn3-c2ccccn2)cc1.Cl. The molecule has 0 saturated heterocycles. The number of nitrogens with one attached hydrogen (secondary N) is 2. The van der Waals surface area contributed by atoms with Crippen molar-refractivity contribution in [2.75, 3.05) is 32.6 Å². The van der Waals surface area contributed by atoms with Crippen LogP contribution in [0.5, 0.6) is 0 Å². The normalized spacial score (nSPS) is 11.0. The lowest BCUT2D eigenvalue weighted by molar-refractivity contribution is 0.0951. The molecule has 2 N–H and O–H groups in total. The standard InChI is InChI=1S/C22H23N9O.ClH/c1-30(2)12-11-24-22(32)17-8-6-16(7-9-17)13-27-29-20-18-14-28-31(21(18)26-15-25-20)19-5-3-4-10-23-19;/h3-10,13-15H,11-12H2,1-2H3,(H,24,32)(H,25,26,29);1H. The molecular weight excluding hydrogens is 442 g/mol. The zero-order valence-corrected chi connectivity index (χ0v) is 19.0. The third-order valence-electron chi connectivity index (χ3n) is 4.63. The van der Waals surface area contributed by atoms with Gasteiger partial charge in [-0.1, -0.05) is 18.2 Å². The van der Waals surface area contributed by atoms with Gasteiger partial charge in [-0.05, 0) is 43.9 Å². The Morgan fingerprint density at radius 1 is 1.12 bits per heavy atom. The highest BCUT2D eigenvalue weighted by atomic mass is 35.5. The van der Waals surface area contributed by atoms with Crippen molar-refractivity contribution in [3.05, 3.63) is 72.3 Å². The lowest BCUT2D eigenvalue weighted by atomic mass is 10.1. The number of benzene rings is 1. The van der Waals surface area contributed by atoms with Crippen LogP contribution in [0.25, 0.3) is 16.9 Å². The van der Waals surface area contributed by atoms with Crippen molar-refractivity contribution in [3.63, 3.8) is 0 Å². The summed E-state index contributed by atoms with van der Waals surface area (Å²) in [5.74, 6) is 1.11. The number of likely N-dealkylation sites (N-methyl/N-ethyl adjacent to an activating group) is 1. The number of carbonyl (C=O) groups excluding carboxylic acids is 1. The molecule has 0 aliphatic heterocycles. The Morgan fingerprint density at radius 2 is 1.94 bits per heavy atom. The van der Waals surface area contributed by atoms with E-state index in [0.717, 1.165) is 17.5 Å². The van der Waals surface area contributed by atoms with Gasteiger partial charge in [-0.15, -0.1) is 12.4 Å². The molecule has 4 rings (SSSR count). The van der Waals surface area contributed by atoms with Crippen LogP contribution >= 0.6 is 12.4 Å². The highest BCUT2D eigenvalue weighted by Gasteiger charge is 2.11. The van der Waals surface area contributed by atoms with E-state index in [2.05, 4.69) is 35.9 Å². The van der Waals surface area contributed by atoms with Gasteiger partial charge >= 0.3 is 0 Å². The van der Waals surface area contributed by atoms with Gasteiger partial charge in [0.2, 0.25) is 0 Å². The van der Waals surface area contributed by atoms with Crippen LogP contribution in [0.3, 0.4) is 0 Å². The first-order valence-corrected chi connectivity index (χ1v) is 10.0. The maximum atomic E-state index is 12.2. The summed E-state index contributed by atoms with van der Waals surface area (Å²) in [6.45, 7) is 1.39. The Hall–Kier alpha value is -3.89. The maximum Gasteiger partial charge on any atom is 0.251 e. The Labute approximate surface area is 197 Å². The van der Waals surface area contributed by atoms with E-state index >= 15 is 0 Å². The van der Waals surface area contributed by atoms with Crippen LogP contribution in [0, 0.1) is 0 Å². The number of anilines is 1. The first-order valence-electron chi connectivity index (χ1n) is 10.0. The average Bonchev–Trinajstić information content (AvgIpc) is 3.25. The fraction of sp³-hybridized carbons (Fsp3) is 0.182. The van der Waals surface area contributed by atoms with E-state index in [-0.39, 0.29) is 18.3 Å². The molecular formula is C22H24ClN9O. The highest BCUT2D eigenvalue weighted by molar-refractivity contribution is 5.95. The van der Waals surface area contributed by atoms with Gasteiger partial charge in [0.25, 0.3) is 5.91 Å². The minimum atomic E-state index is -0.0956. The van der Waals surface area contributed by atoms with E-state index in [1.165, 1.54) is 6.33 Å². The van der Waals surface area contributed by atoms with Crippen LogP contribution in [0.15, 0.2) is 66.3 Å². The van der Waals surface area contributed by atoms with Gasteiger partial charge in [-0.25, -0.2) is 15.0 Å². The number of pyridine rings is 1. The summed E-state index contributed by atoms with van der Waals surface area (Å²) in [6, 6.07) is 12.8. The minimum absolute atomic E-state index is 0. The summed E-state index contributed by atoms with van der Waals surface area (Å²) >= 11 is 0. The first kappa shape index (κ1) is 23.8. The van der Waals surface area contributed by atoms with Gasteiger partial charge < -0.3 is 10.2 Å². The average molecular weight is 466 g/mol. The molecule has 0 atom stereocenters. The number of aromatic nitrogens is 5. The number of fused-ring (bicyclic) bond motifs is 1. The third-order valence-corrected chi connectivity index (χ3v) is 4.63. The lowest BCUT2D eigenvalue weighted by Gasteiger charge is -2.10. The zero-order chi connectivity index (χ0) is 22.3. The van der Waals surface area contributed by atoms with E-state index in [9.17, 15) is 4.79 Å². The number of nitrogens with zero attached hydrogens (tertiary/aromatic N) is 7. The van der Waals surface area contributed by atoms with Crippen molar-refractivity contribution < 1.29 is 4.79 Å². The largest absolute Gasteiger partial charge is 0.351 e. The van der Waals surface area contributed by atoms with Gasteiger partial charge in [0.15, 0.2) is 17.3 Å². The minimum Gasteiger partial charge on any atom is -0.351 e. The van der Waals surface area contributed by atoms with Crippen LogP contribution in [-0.2, 0) is 0 Å². The van der Waals surface area contributed by atoms with Crippen molar-refractivity contribution in [1.29, 1.82) is 0 Å². The number of amides is 1. The molecule has 4 aromatic rings. The van der Waals surface area contributed by atoms with E-state index in [1.807, 2.05) is 49.3 Å². The van der Waals surface area contributed by atoms with Crippen LogP contribution < -0.4 is 10.7 Å². The van der Waals surface area contributed by atoms with Gasteiger partial charge in [0.1, 0.15) is 6.33 Å². The number of hydrazone groups is 1.